The normalized spacial score (nSPS) is 28.2. The first-order valence-electron chi connectivity index (χ1n) is 27.1. The van der Waals surface area contributed by atoms with Crippen molar-refractivity contribution in [1.82, 2.24) is 36.4 Å². The van der Waals surface area contributed by atoms with E-state index in [2.05, 4.69) is 47.4 Å². The van der Waals surface area contributed by atoms with Crippen LogP contribution in [0.1, 0.15) is 128 Å². The summed E-state index contributed by atoms with van der Waals surface area (Å²) < 4.78 is 5.72. The van der Waals surface area contributed by atoms with E-state index in [1.807, 2.05) is 0 Å². The fourth-order valence-corrected chi connectivity index (χ4v) is 10.0. The highest BCUT2D eigenvalue weighted by molar-refractivity contribution is 6.05. The molecule has 0 radical (unpaired) electrons. The molecule has 3 aliphatic rings. The van der Waals surface area contributed by atoms with Crippen LogP contribution in [0.3, 0.4) is 0 Å². The van der Waals surface area contributed by atoms with E-state index < -0.39 is 146 Å². The van der Waals surface area contributed by atoms with Crippen LogP contribution in [0.2, 0.25) is 0 Å². The van der Waals surface area contributed by atoms with Gasteiger partial charge in [0.1, 0.15) is 54.2 Å². The van der Waals surface area contributed by atoms with Crippen molar-refractivity contribution in [2.24, 2.45) is 23.3 Å². The van der Waals surface area contributed by atoms with Crippen molar-refractivity contribution in [1.29, 1.82) is 0 Å². The van der Waals surface area contributed by atoms with Crippen LogP contribution in [0, 0.1) is 11.8 Å². The van der Waals surface area contributed by atoms with Gasteiger partial charge in [-0.25, -0.2) is 0 Å². The number of hydrogen-bond donors (Lipinski definition) is 14. The molecule has 3 saturated heterocycles. The quantitative estimate of drug-likeness (QED) is 0.0391. The van der Waals surface area contributed by atoms with Crippen molar-refractivity contribution < 1.29 is 78.8 Å². The molecule has 3 aliphatic heterocycles. The number of phenolic OH excluding ortho intramolecular Hbond substituents is 1. The van der Waals surface area contributed by atoms with Crippen LogP contribution >= 0.6 is 0 Å². The molecule has 3 fully saturated rings. The van der Waals surface area contributed by atoms with Crippen molar-refractivity contribution in [2.75, 3.05) is 32.8 Å². The number of rotatable bonds is 23. The first-order valence-corrected chi connectivity index (χ1v) is 27.1. The maximum Gasteiger partial charge on any atom is 0.248 e. The predicted octanol–water partition coefficient (Wildman–Crippen LogP) is -2.74. The van der Waals surface area contributed by atoms with Crippen LogP contribution in [-0.4, -0.2) is 205 Å². The number of nitrogens with two attached hydrogens (primary N) is 2. The summed E-state index contributed by atoms with van der Waals surface area (Å²) in [5.41, 5.74) is 11.2. The molecular formula is C52H85N9O16. The molecule has 4 unspecified atom stereocenters. The number of carbonyl (C=O) groups excluding carboxylic acids is 8. The van der Waals surface area contributed by atoms with Crippen LogP contribution < -0.4 is 38.1 Å². The molecule has 0 aromatic heterocycles. The number of aromatic hydroxyl groups is 1. The summed E-state index contributed by atoms with van der Waals surface area (Å²) in [6, 6.07) is -7.06. The third kappa shape index (κ3) is 18.6. The number of hydrogen-bond acceptors (Lipinski definition) is 18. The zero-order valence-corrected chi connectivity index (χ0v) is 44.8. The summed E-state index contributed by atoms with van der Waals surface area (Å²) in [5.74, 6) is -8.00. The van der Waals surface area contributed by atoms with E-state index >= 15 is 0 Å². The number of nitrogens with zero attached hydrogens (tertiary/aromatic N) is 2. The molecule has 25 heteroatoms. The molecule has 4 rings (SSSR count). The molecule has 0 spiro atoms. The summed E-state index contributed by atoms with van der Waals surface area (Å²) >= 11 is 0. The lowest BCUT2D eigenvalue weighted by atomic mass is 9.91. The topological polar surface area (TPSA) is 406 Å². The molecule has 0 saturated carbocycles. The summed E-state index contributed by atoms with van der Waals surface area (Å²) in [6.45, 7) is 6.24. The number of benzene rings is 1. The maximum absolute atomic E-state index is 14.5. The second kappa shape index (κ2) is 31.3. The van der Waals surface area contributed by atoms with E-state index in [-0.39, 0.29) is 56.8 Å². The van der Waals surface area contributed by atoms with Gasteiger partial charge in [-0.05, 0) is 75.3 Å². The van der Waals surface area contributed by atoms with Crippen molar-refractivity contribution >= 4 is 47.1 Å². The summed E-state index contributed by atoms with van der Waals surface area (Å²) in [4.78, 5) is 115. The van der Waals surface area contributed by atoms with Crippen molar-refractivity contribution in [2.45, 2.75) is 197 Å². The Morgan fingerprint density at radius 2 is 1.35 bits per heavy atom. The predicted molar refractivity (Wildman–Crippen MR) is 278 cm³/mol. The van der Waals surface area contributed by atoms with E-state index in [1.54, 1.807) is 0 Å². The Hall–Kier alpha value is -5.38. The highest BCUT2D eigenvalue weighted by atomic mass is 16.5. The number of amides is 7. The molecule has 7 amide bonds. The van der Waals surface area contributed by atoms with Gasteiger partial charge in [0.15, 0.2) is 12.0 Å². The standard InChI is InChI=1S/C52H85N9O16/c1-5-28(2)24-29(3)12-10-8-6-7-9-11-13-39(68)55-34-26-38(67)50(77-23-21-54)59-49(74)43-37(66)19-22-60(43)52(76)41(36(65)18-20-53)57-48(73)42(45(70)44(69)31-14-16-32(63)17-15-31)58-47(72)35-25-33(64)27-61(35)51(75)40(30(4)62)56-46(34)71/h14-17,28-30,33-38,40-43,45,50,62-67,70H,5-13,18-27,53-54H2,1-4H3,(H,55,68)(H,56,71)(H,57,73)(H,58,72)(H,59,74)/t28?,29?,30-,33-,34-,35+,36-,37+,38+,40?,41+,42?,43+,45+,50-/m1/s1. The molecule has 0 aliphatic carbocycles. The first-order chi connectivity index (χ1) is 36.5. The van der Waals surface area contributed by atoms with Gasteiger partial charge in [0, 0.05) is 44.5 Å². The monoisotopic (exact) mass is 1090 g/mol. The number of aliphatic hydroxyl groups excluding tert-OH is 6. The van der Waals surface area contributed by atoms with Gasteiger partial charge in [0.25, 0.3) is 0 Å². The molecule has 16 N–H and O–H groups in total. The number of nitrogens with one attached hydrogen (secondary N) is 5. The smallest absolute Gasteiger partial charge is 0.248 e. The van der Waals surface area contributed by atoms with E-state index in [1.165, 1.54) is 6.42 Å². The fourth-order valence-electron chi connectivity index (χ4n) is 10.0. The molecule has 25 nitrogen and oxygen atoms in total. The Balaban J connectivity index is 1.73. The highest BCUT2D eigenvalue weighted by Crippen LogP contribution is 2.25. The van der Waals surface area contributed by atoms with Crippen molar-refractivity contribution in [3.8, 4) is 5.75 Å². The van der Waals surface area contributed by atoms with Gasteiger partial charge in [0.05, 0.1) is 31.0 Å². The van der Waals surface area contributed by atoms with Gasteiger partial charge in [0.2, 0.25) is 41.4 Å². The second-order valence-corrected chi connectivity index (χ2v) is 21.0. The largest absolute Gasteiger partial charge is 0.508 e. The zero-order valence-electron chi connectivity index (χ0n) is 44.8. The minimum Gasteiger partial charge on any atom is -0.508 e. The van der Waals surface area contributed by atoms with Crippen molar-refractivity contribution in [3.05, 3.63) is 29.8 Å². The zero-order chi connectivity index (χ0) is 57.1. The van der Waals surface area contributed by atoms with Gasteiger partial charge in [-0.2, -0.15) is 0 Å². The Morgan fingerprint density at radius 1 is 0.727 bits per heavy atom. The molecule has 1 aromatic rings. The number of ketones is 1. The lowest BCUT2D eigenvalue weighted by molar-refractivity contribution is -0.149. The third-order valence-electron chi connectivity index (χ3n) is 14.6. The first kappa shape index (κ1) is 64.1. The van der Waals surface area contributed by atoms with Gasteiger partial charge >= 0.3 is 0 Å². The average Bonchev–Trinajstić information content (AvgIpc) is 3.99. The molecule has 15 atom stereocenters. The Kier molecular flexibility index (Phi) is 26.1. The Bertz CT molecular complexity index is 2120. The molecule has 3 heterocycles. The number of unbranched alkanes of at least 4 members (excludes halogenated alkanes) is 5. The van der Waals surface area contributed by atoms with E-state index in [0.29, 0.717) is 24.7 Å². The number of phenols is 1. The van der Waals surface area contributed by atoms with Crippen LogP contribution in [0.25, 0.3) is 0 Å². The number of carbonyl (C=O) groups is 8. The molecule has 1 aromatic carbocycles. The summed E-state index contributed by atoms with van der Waals surface area (Å²) in [5, 5.41) is 89.6. The van der Waals surface area contributed by atoms with E-state index in [0.717, 1.165) is 79.5 Å². The second-order valence-electron chi connectivity index (χ2n) is 21.0. The summed E-state index contributed by atoms with van der Waals surface area (Å²) in [6.07, 6.45) is -5.92. The Morgan fingerprint density at radius 3 is 1.99 bits per heavy atom. The minimum atomic E-state index is -2.48. The SMILES string of the molecule is CCC(C)CC(C)CCCCCCCCC(=O)N[C@@H]1C[C@H](O)[C@@H](OCCN)NC(=O)[C@@H]2[C@@H](O)CCN2C(=O)[C@H]([C@H](O)CCN)NC(=O)C([C@H](O)C(=O)c2ccc(O)cc2)NC(=O)[C@@H]2C[C@@H](O)CN2C(=O)C([C@@H](C)O)NC1=O. The minimum absolute atomic E-state index is 0.0468. The van der Waals surface area contributed by atoms with Crippen molar-refractivity contribution in [3.63, 3.8) is 0 Å². The van der Waals surface area contributed by atoms with Gasteiger partial charge < -0.3 is 88.3 Å². The van der Waals surface area contributed by atoms with Crippen LogP contribution in [0.5, 0.6) is 5.75 Å². The summed E-state index contributed by atoms with van der Waals surface area (Å²) in [7, 11) is 0. The molecular weight excluding hydrogens is 1010 g/mol. The maximum atomic E-state index is 14.5. The number of Topliss-reactive ketones (excluding diaryl/α,β-unsaturated/α-hetero) is 1. The van der Waals surface area contributed by atoms with Gasteiger partial charge in [-0.15, -0.1) is 0 Å². The van der Waals surface area contributed by atoms with Crippen LogP contribution in [0.15, 0.2) is 24.3 Å². The third-order valence-corrected chi connectivity index (χ3v) is 14.6. The lowest BCUT2D eigenvalue weighted by Crippen LogP contribution is -2.65. The molecule has 0 bridgehead atoms. The fraction of sp³-hybridized carbons (Fsp3) is 0.731. The number of fused-ring (bicyclic) bond motifs is 2. The van der Waals surface area contributed by atoms with E-state index in [4.69, 9.17) is 16.2 Å². The lowest BCUT2D eigenvalue weighted by Gasteiger charge is -2.34. The molecule has 77 heavy (non-hydrogen) atoms. The number of aliphatic hydroxyl groups is 6. The van der Waals surface area contributed by atoms with Gasteiger partial charge in [-0.1, -0.05) is 65.7 Å². The number of ether oxygens (including phenoxy) is 1. The van der Waals surface area contributed by atoms with E-state index in [9.17, 15) is 74.1 Å². The average molecular weight is 1090 g/mol. The van der Waals surface area contributed by atoms with Crippen LogP contribution in [0.4, 0.5) is 0 Å². The Labute approximate surface area is 449 Å². The van der Waals surface area contributed by atoms with Crippen LogP contribution in [-0.2, 0) is 38.3 Å². The highest BCUT2D eigenvalue weighted by Gasteiger charge is 2.49. The molecule has 434 valence electrons. The van der Waals surface area contributed by atoms with Gasteiger partial charge in [-0.3, -0.25) is 38.4 Å².